The molecule has 2 rings (SSSR count). The van der Waals surface area contributed by atoms with E-state index in [4.69, 9.17) is 9.84 Å². The largest absolute Gasteiger partial charge is 0.444 e. The molecule has 0 fully saturated rings. The third kappa shape index (κ3) is 8.25. The molecule has 30 heavy (non-hydrogen) atoms. The third-order valence-electron chi connectivity index (χ3n) is 4.41. The highest BCUT2D eigenvalue weighted by atomic mass is 16.6. The summed E-state index contributed by atoms with van der Waals surface area (Å²) in [7, 11) is 0. The normalized spacial score (nSPS) is 12.1. The van der Waals surface area contributed by atoms with E-state index in [9.17, 15) is 9.59 Å². The summed E-state index contributed by atoms with van der Waals surface area (Å²) in [4.78, 5) is 24.8. The van der Waals surface area contributed by atoms with Gasteiger partial charge in [0, 0.05) is 13.2 Å². The number of aliphatic hydroxyl groups is 1. The zero-order valence-corrected chi connectivity index (χ0v) is 18.0. The molecule has 0 aliphatic rings. The molecule has 0 heterocycles. The molecule has 3 N–H and O–H groups in total. The van der Waals surface area contributed by atoms with Crippen LogP contribution in [0.1, 0.15) is 45.6 Å². The topological polar surface area (TPSA) is 87.7 Å². The molecule has 0 aromatic heterocycles. The summed E-state index contributed by atoms with van der Waals surface area (Å²) >= 11 is 0. The Bertz CT molecular complexity index is 815. The second-order valence-electron chi connectivity index (χ2n) is 8.20. The lowest BCUT2D eigenvalue weighted by Gasteiger charge is -2.23. The van der Waals surface area contributed by atoms with Crippen molar-refractivity contribution < 1.29 is 19.4 Å². The van der Waals surface area contributed by atoms with Gasteiger partial charge in [-0.1, -0.05) is 48.5 Å². The number of ether oxygens (including phenoxy) is 1. The molecule has 0 saturated heterocycles. The second kappa shape index (κ2) is 11.4. The fourth-order valence-electron chi connectivity index (χ4n) is 2.98. The molecule has 2 amide bonds. The lowest BCUT2D eigenvalue weighted by Crippen LogP contribution is -2.48. The molecular formula is C24H32N2O4. The maximum atomic E-state index is 12.7. The van der Waals surface area contributed by atoms with Gasteiger partial charge in [-0.3, -0.25) is 4.79 Å². The van der Waals surface area contributed by atoms with Crippen LogP contribution in [0.3, 0.4) is 0 Å². The number of hydrogen-bond acceptors (Lipinski definition) is 4. The van der Waals surface area contributed by atoms with Crippen molar-refractivity contribution in [1.29, 1.82) is 0 Å². The van der Waals surface area contributed by atoms with E-state index in [1.165, 1.54) is 0 Å². The SMILES string of the molecule is CC(C)(C)OC(=O)NC(CCCCO)C(=O)NCc1cccc(-c2ccccc2)c1. The lowest BCUT2D eigenvalue weighted by molar-refractivity contribution is -0.123. The zero-order valence-electron chi connectivity index (χ0n) is 18.0. The Hall–Kier alpha value is -2.86. The van der Waals surface area contributed by atoms with E-state index in [2.05, 4.69) is 10.6 Å². The average molecular weight is 413 g/mol. The molecule has 1 atom stereocenters. The Labute approximate surface area is 178 Å². The van der Waals surface area contributed by atoms with Gasteiger partial charge < -0.3 is 20.5 Å². The standard InChI is InChI=1S/C24H32N2O4/c1-24(2,3)30-23(29)26-21(14-7-8-15-27)22(28)25-17-18-10-9-13-20(16-18)19-11-5-4-6-12-19/h4-6,9-13,16,21,27H,7-8,14-15,17H2,1-3H3,(H,25,28)(H,26,29). The molecule has 162 valence electrons. The van der Waals surface area contributed by atoms with Crippen LogP contribution >= 0.6 is 0 Å². The molecule has 6 nitrogen and oxygen atoms in total. The predicted molar refractivity (Wildman–Crippen MR) is 118 cm³/mol. The number of benzene rings is 2. The minimum Gasteiger partial charge on any atom is -0.444 e. The van der Waals surface area contributed by atoms with E-state index < -0.39 is 17.7 Å². The number of nitrogens with one attached hydrogen (secondary N) is 2. The monoisotopic (exact) mass is 412 g/mol. The number of amides is 2. The number of carbonyl (C=O) groups is 2. The Kier molecular flexibility index (Phi) is 8.87. The van der Waals surface area contributed by atoms with E-state index >= 15 is 0 Å². The van der Waals surface area contributed by atoms with E-state index in [1.54, 1.807) is 20.8 Å². The number of carbonyl (C=O) groups excluding carboxylic acids is 2. The van der Waals surface area contributed by atoms with E-state index in [0.717, 1.165) is 16.7 Å². The van der Waals surface area contributed by atoms with Gasteiger partial charge in [0.1, 0.15) is 11.6 Å². The first-order valence-electron chi connectivity index (χ1n) is 10.3. The molecule has 0 radical (unpaired) electrons. The maximum absolute atomic E-state index is 12.7. The van der Waals surface area contributed by atoms with Crippen molar-refractivity contribution in [3.8, 4) is 11.1 Å². The van der Waals surface area contributed by atoms with Crippen LogP contribution in [0.15, 0.2) is 54.6 Å². The first-order chi connectivity index (χ1) is 14.3. The average Bonchev–Trinajstić information content (AvgIpc) is 2.71. The van der Waals surface area contributed by atoms with Crippen molar-refractivity contribution in [1.82, 2.24) is 10.6 Å². The minimum absolute atomic E-state index is 0.0487. The maximum Gasteiger partial charge on any atom is 0.408 e. The number of alkyl carbamates (subject to hydrolysis) is 1. The summed E-state index contributed by atoms with van der Waals surface area (Å²) < 4.78 is 5.27. The van der Waals surface area contributed by atoms with Crippen LogP contribution in [-0.4, -0.2) is 35.4 Å². The molecule has 6 heteroatoms. The number of unbranched alkanes of at least 4 members (excludes halogenated alkanes) is 1. The van der Waals surface area contributed by atoms with Crippen LogP contribution in [0.25, 0.3) is 11.1 Å². The summed E-state index contributed by atoms with van der Waals surface area (Å²) in [5.74, 6) is -0.274. The molecule has 0 aliphatic heterocycles. The summed E-state index contributed by atoms with van der Waals surface area (Å²) in [5, 5.41) is 14.6. The van der Waals surface area contributed by atoms with Gasteiger partial charge in [-0.2, -0.15) is 0 Å². The Morgan fingerprint density at radius 1 is 1.00 bits per heavy atom. The van der Waals surface area contributed by atoms with Gasteiger partial charge in [0.25, 0.3) is 0 Å². The van der Waals surface area contributed by atoms with E-state index in [0.29, 0.717) is 25.8 Å². The summed E-state index contributed by atoms with van der Waals surface area (Å²) in [6.07, 6.45) is 0.986. The lowest BCUT2D eigenvalue weighted by atomic mass is 10.0. The fourth-order valence-corrected chi connectivity index (χ4v) is 2.98. The van der Waals surface area contributed by atoms with Crippen LogP contribution in [0.5, 0.6) is 0 Å². The van der Waals surface area contributed by atoms with Gasteiger partial charge in [0.15, 0.2) is 0 Å². The highest BCUT2D eigenvalue weighted by Crippen LogP contribution is 2.20. The molecule has 0 aliphatic carbocycles. The number of hydrogen-bond donors (Lipinski definition) is 3. The van der Waals surface area contributed by atoms with Crippen LogP contribution < -0.4 is 10.6 Å². The van der Waals surface area contributed by atoms with Crippen LogP contribution in [0.2, 0.25) is 0 Å². The first-order valence-corrected chi connectivity index (χ1v) is 10.3. The number of aliphatic hydroxyl groups excluding tert-OH is 1. The number of rotatable bonds is 9. The molecule has 1 unspecified atom stereocenters. The van der Waals surface area contributed by atoms with Gasteiger partial charge in [0.2, 0.25) is 5.91 Å². The van der Waals surface area contributed by atoms with E-state index in [-0.39, 0.29) is 12.5 Å². The van der Waals surface area contributed by atoms with Crippen molar-refractivity contribution in [2.45, 2.75) is 58.2 Å². The van der Waals surface area contributed by atoms with Crippen molar-refractivity contribution >= 4 is 12.0 Å². The first kappa shape index (κ1) is 23.4. The van der Waals surface area contributed by atoms with Crippen LogP contribution in [-0.2, 0) is 16.1 Å². The Morgan fingerprint density at radius 3 is 2.37 bits per heavy atom. The second-order valence-corrected chi connectivity index (χ2v) is 8.20. The summed E-state index contributed by atoms with van der Waals surface area (Å²) in [5.41, 5.74) is 2.51. The molecule has 2 aromatic carbocycles. The minimum atomic E-state index is -0.719. The van der Waals surface area contributed by atoms with Gasteiger partial charge in [-0.05, 0) is 62.8 Å². The third-order valence-corrected chi connectivity index (χ3v) is 4.41. The van der Waals surface area contributed by atoms with Crippen molar-refractivity contribution in [2.24, 2.45) is 0 Å². The molecule has 2 aromatic rings. The van der Waals surface area contributed by atoms with Gasteiger partial charge in [-0.25, -0.2) is 4.79 Å². The van der Waals surface area contributed by atoms with Crippen molar-refractivity contribution in [3.05, 3.63) is 60.2 Å². The summed E-state index contributed by atoms with van der Waals surface area (Å²) in [6, 6.07) is 17.3. The molecule has 0 spiro atoms. The Balaban J connectivity index is 1.99. The Morgan fingerprint density at radius 2 is 1.70 bits per heavy atom. The van der Waals surface area contributed by atoms with Crippen molar-refractivity contribution in [3.63, 3.8) is 0 Å². The molecular weight excluding hydrogens is 380 g/mol. The van der Waals surface area contributed by atoms with Crippen LogP contribution in [0.4, 0.5) is 4.79 Å². The fraction of sp³-hybridized carbons (Fsp3) is 0.417. The van der Waals surface area contributed by atoms with E-state index in [1.807, 2.05) is 54.6 Å². The predicted octanol–water partition coefficient (Wildman–Crippen LogP) is 4.03. The quantitative estimate of drug-likeness (QED) is 0.543. The molecule has 0 saturated carbocycles. The van der Waals surface area contributed by atoms with Crippen LogP contribution in [0, 0.1) is 0 Å². The van der Waals surface area contributed by atoms with Gasteiger partial charge >= 0.3 is 6.09 Å². The zero-order chi connectivity index (χ0) is 22.0. The van der Waals surface area contributed by atoms with Gasteiger partial charge in [-0.15, -0.1) is 0 Å². The summed E-state index contributed by atoms with van der Waals surface area (Å²) in [6.45, 7) is 5.71. The van der Waals surface area contributed by atoms with Crippen molar-refractivity contribution in [2.75, 3.05) is 6.61 Å². The highest BCUT2D eigenvalue weighted by molar-refractivity contribution is 5.85. The van der Waals surface area contributed by atoms with Gasteiger partial charge in [0.05, 0.1) is 0 Å². The molecule has 0 bridgehead atoms. The smallest absolute Gasteiger partial charge is 0.408 e. The highest BCUT2D eigenvalue weighted by Gasteiger charge is 2.24.